The van der Waals surface area contributed by atoms with Gasteiger partial charge in [0.2, 0.25) is 0 Å². The monoisotopic (exact) mass is 470 g/mol. The van der Waals surface area contributed by atoms with Crippen molar-refractivity contribution in [3.05, 3.63) is 75.9 Å². The van der Waals surface area contributed by atoms with E-state index in [2.05, 4.69) is 12.1 Å². The molecule has 0 spiro atoms. The summed E-state index contributed by atoms with van der Waals surface area (Å²) in [5, 5.41) is 0.579. The smallest absolute Gasteiger partial charge is 0.311 e. The van der Waals surface area contributed by atoms with Gasteiger partial charge in [-0.3, -0.25) is 14.0 Å². The maximum Gasteiger partial charge on any atom is 0.311 e. The van der Waals surface area contributed by atoms with Gasteiger partial charge in [-0.2, -0.15) is 0 Å². The van der Waals surface area contributed by atoms with Crippen LogP contribution in [0.1, 0.15) is 27.9 Å². The van der Waals surface area contributed by atoms with Gasteiger partial charge < -0.3 is 4.74 Å². The average Bonchev–Trinajstić information content (AvgIpc) is 3.30. The third kappa shape index (κ3) is 4.84. The number of aldehydes is 1. The second kappa shape index (κ2) is 9.68. The van der Waals surface area contributed by atoms with Gasteiger partial charge in [-0.05, 0) is 30.7 Å². The second-order valence-corrected chi connectivity index (χ2v) is 9.26. The molecule has 0 saturated heterocycles. The van der Waals surface area contributed by atoms with Crippen LogP contribution >= 0.6 is 34.7 Å². The summed E-state index contributed by atoms with van der Waals surface area (Å²) >= 11 is 9.32. The fourth-order valence-corrected chi connectivity index (χ4v) is 5.33. The zero-order valence-electron chi connectivity index (χ0n) is 16.7. The van der Waals surface area contributed by atoms with Gasteiger partial charge >= 0.3 is 5.97 Å². The van der Waals surface area contributed by atoms with E-state index in [0.717, 1.165) is 27.4 Å². The first-order chi connectivity index (χ1) is 15.1. The first-order valence-corrected chi connectivity index (χ1v) is 11.8. The van der Waals surface area contributed by atoms with Gasteiger partial charge in [-0.25, -0.2) is 4.98 Å². The number of thiazole rings is 1. The molecule has 4 rings (SSSR count). The molecule has 0 N–H and O–H groups in total. The minimum absolute atomic E-state index is 0.158. The molecular weight excluding hydrogens is 452 g/mol. The lowest BCUT2D eigenvalue weighted by Gasteiger charge is -2.09. The van der Waals surface area contributed by atoms with Crippen LogP contribution in [0.4, 0.5) is 0 Å². The van der Waals surface area contributed by atoms with Crippen LogP contribution in [0.5, 0.6) is 0 Å². The van der Waals surface area contributed by atoms with Crippen molar-refractivity contribution < 1.29 is 14.3 Å². The minimum Gasteiger partial charge on any atom is -0.466 e. The molecule has 0 aliphatic heterocycles. The molecule has 0 fully saturated rings. The van der Waals surface area contributed by atoms with Gasteiger partial charge in [0, 0.05) is 32.3 Å². The highest BCUT2D eigenvalue weighted by atomic mass is 35.5. The Hall–Kier alpha value is -2.61. The summed E-state index contributed by atoms with van der Waals surface area (Å²) in [6.45, 7) is 2.11. The van der Waals surface area contributed by atoms with Crippen molar-refractivity contribution in [3.63, 3.8) is 0 Å². The van der Waals surface area contributed by atoms with Crippen LogP contribution in [-0.4, -0.2) is 28.2 Å². The number of halogens is 1. The Labute approximate surface area is 193 Å². The van der Waals surface area contributed by atoms with Crippen molar-refractivity contribution >= 4 is 51.9 Å². The van der Waals surface area contributed by atoms with E-state index in [0.29, 0.717) is 28.0 Å². The maximum absolute atomic E-state index is 12.0. The number of thioether (sulfide) groups is 1. The number of aromatic nitrogens is 2. The molecule has 0 saturated carbocycles. The standard InChI is InChI=1S/C23H19ClN2O3S2/c1-2-29-21(28)11-17-12-26-19(13-27)22(25-23(26)31-17)18-10-16(24)8-9-20(18)30-14-15-6-4-3-5-7-15/h3-10,12-13H,2,11,14H2,1H3. The molecular formula is C23H19ClN2O3S2. The van der Waals surface area contributed by atoms with Crippen molar-refractivity contribution in [1.29, 1.82) is 0 Å². The van der Waals surface area contributed by atoms with Gasteiger partial charge in [0.25, 0.3) is 0 Å². The highest BCUT2D eigenvalue weighted by Gasteiger charge is 2.20. The summed E-state index contributed by atoms with van der Waals surface area (Å²) in [7, 11) is 0. The van der Waals surface area contributed by atoms with Crippen molar-refractivity contribution in [1.82, 2.24) is 9.38 Å². The number of benzene rings is 2. The number of fused-ring (bicyclic) bond motifs is 1. The number of esters is 1. The van der Waals surface area contributed by atoms with E-state index in [1.807, 2.05) is 36.4 Å². The predicted octanol–water partition coefficient (Wildman–Crippen LogP) is 5.93. The summed E-state index contributed by atoms with van der Waals surface area (Å²) in [6, 6.07) is 15.8. The average molecular weight is 471 g/mol. The molecule has 2 heterocycles. The summed E-state index contributed by atoms with van der Waals surface area (Å²) in [5.74, 6) is 0.493. The Morgan fingerprint density at radius 3 is 2.81 bits per heavy atom. The van der Waals surface area contributed by atoms with Crippen molar-refractivity contribution in [2.75, 3.05) is 6.61 Å². The van der Waals surface area contributed by atoms with E-state index in [-0.39, 0.29) is 12.4 Å². The molecule has 0 bridgehead atoms. The lowest BCUT2D eigenvalue weighted by molar-refractivity contribution is -0.142. The van der Waals surface area contributed by atoms with Gasteiger partial charge in [0.1, 0.15) is 11.4 Å². The zero-order chi connectivity index (χ0) is 21.8. The molecule has 0 amide bonds. The Morgan fingerprint density at radius 1 is 1.26 bits per heavy atom. The van der Waals surface area contributed by atoms with E-state index >= 15 is 0 Å². The Morgan fingerprint density at radius 2 is 2.06 bits per heavy atom. The Kier molecular flexibility index (Phi) is 6.75. The first kappa shape index (κ1) is 21.6. The molecule has 31 heavy (non-hydrogen) atoms. The highest BCUT2D eigenvalue weighted by Crippen LogP contribution is 2.37. The van der Waals surface area contributed by atoms with E-state index < -0.39 is 0 Å². The predicted molar refractivity (Wildman–Crippen MR) is 125 cm³/mol. The molecule has 5 nitrogen and oxygen atoms in total. The van der Waals surface area contributed by atoms with Gasteiger partial charge in [-0.15, -0.1) is 23.1 Å². The van der Waals surface area contributed by atoms with Crippen molar-refractivity contribution in [3.8, 4) is 11.3 Å². The van der Waals surface area contributed by atoms with Crippen molar-refractivity contribution in [2.24, 2.45) is 0 Å². The number of carbonyl (C=O) groups excluding carboxylic acids is 2. The summed E-state index contributed by atoms with van der Waals surface area (Å²) < 4.78 is 6.74. The molecule has 0 atom stereocenters. The van der Waals surface area contributed by atoms with Crippen LogP contribution in [0.2, 0.25) is 5.02 Å². The number of nitrogens with zero attached hydrogens (tertiary/aromatic N) is 2. The van der Waals surface area contributed by atoms with Crippen LogP contribution < -0.4 is 0 Å². The number of ether oxygens (including phenoxy) is 1. The summed E-state index contributed by atoms with van der Waals surface area (Å²) in [6.07, 6.45) is 2.73. The van der Waals surface area contributed by atoms with Gasteiger partial charge in [0.15, 0.2) is 11.2 Å². The molecule has 2 aromatic carbocycles. The molecule has 0 aliphatic rings. The third-order valence-corrected chi connectivity index (χ3v) is 6.94. The summed E-state index contributed by atoms with van der Waals surface area (Å²) in [4.78, 5) is 30.9. The van der Waals surface area contributed by atoms with Crippen LogP contribution in [0, 0.1) is 0 Å². The maximum atomic E-state index is 12.0. The van der Waals surface area contributed by atoms with E-state index in [4.69, 9.17) is 21.3 Å². The zero-order valence-corrected chi connectivity index (χ0v) is 19.1. The number of hydrogen-bond donors (Lipinski definition) is 0. The van der Waals surface area contributed by atoms with E-state index in [1.165, 1.54) is 16.9 Å². The number of hydrogen-bond acceptors (Lipinski definition) is 6. The van der Waals surface area contributed by atoms with Crippen LogP contribution in [0.3, 0.4) is 0 Å². The molecule has 0 unspecified atom stereocenters. The molecule has 2 aromatic heterocycles. The molecule has 8 heteroatoms. The number of rotatable bonds is 8. The number of imidazole rings is 1. The lowest BCUT2D eigenvalue weighted by atomic mass is 10.1. The fourth-order valence-electron chi connectivity index (χ4n) is 3.20. The lowest BCUT2D eigenvalue weighted by Crippen LogP contribution is -2.06. The summed E-state index contributed by atoms with van der Waals surface area (Å²) in [5.41, 5.74) is 3.05. The molecule has 4 aromatic rings. The number of carbonyl (C=O) groups is 2. The van der Waals surface area contributed by atoms with Gasteiger partial charge in [-0.1, -0.05) is 41.9 Å². The van der Waals surface area contributed by atoms with Crippen LogP contribution in [0.25, 0.3) is 16.2 Å². The molecule has 0 aliphatic carbocycles. The fraction of sp³-hybridized carbons (Fsp3) is 0.174. The quantitative estimate of drug-likeness (QED) is 0.181. The Bertz CT molecular complexity index is 1230. The molecule has 158 valence electrons. The normalized spacial score (nSPS) is 11.0. The van der Waals surface area contributed by atoms with Gasteiger partial charge in [0.05, 0.1) is 13.0 Å². The van der Waals surface area contributed by atoms with E-state index in [1.54, 1.807) is 29.3 Å². The largest absolute Gasteiger partial charge is 0.466 e. The topological polar surface area (TPSA) is 60.7 Å². The van der Waals surface area contributed by atoms with E-state index in [9.17, 15) is 9.59 Å². The Balaban J connectivity index is 1.69. The van der Waals surface area contributed by atoms with Crippen LogP contribution in [0.15, 0.2) is 59.6 Å². The highest BCUT2D eigenvalue weighted by molar-refractivity contribution is 7.98. The minimum atomic E-state index is -0.297. The molecule has 0 radical (unpaired) electrons. The third-order valence-electron chi connectivity index (χ3n) is 4.58. The SMILES string of the molecule is CCOC(=O)Cc1cn2c(C=O)c(-c3cc(Cl)ccc3SCc3ccccc3)nc2s1. The van der Waals surface area contributed by atoms with Crippen LogP contribution in [-0.2, 0) is 21.7 Å². The second-order valence-electron chi connectivity index (χ2n) is 6.71. The first-order valence-electron chi connectivity index (χ1n) is 9.67. The van der Waals surface area contributed by atoms with Crippen molar-refractivity contribution in [2.45, 2.75) is 24.0 Å².